The predicted molar refractivity (Wildman–Crippen MR) is 70.8 cm³/mol. The fourth-order valence-electron chi connectivity index (χ4n) is 2.04. The van der Waals surface area contributed by atoms with Gasteiger partial charge in [0.05, 0.1) is 6.04 Å². The standard InChI is InChI=1S/C12H15N7/c1-3-9(11-13-4-5-14-11)18-10-6-8(2)17-12-15-7-16-19(10)12/h4-7,9,18H,3H2,1-2H3,(H,13,14). The monoisotopic (exact) mass is 257 g/mol. The maximum Gasteiger partial charge on any atom is 0.254 e. The summed E-state index contributed by atoms with van der Waals surface area (Å²) in [6.45, 7) is 4.04. The van der Waals surface area contributed by atoms with E-state index in [2.05, 4.69) is 37.3 Å². The highest BCUT2D eigenvalue weighted by molar-refractivity contribution is 5.45. The lowest BCUT2D eigenvalue weighted by atomic mass is 10.2. The van der Waals surface area contributed by atoms with E-state index < -0.39 is 0 Å². The third-order valence-corrected chi connectivity index (χ3v) is 2.96. The molecule has 0 aliphatic carbocycles. The van der Waals surface area contributed by atoms with Gasteiger partial charge in [0.2, 0.25) is 0 Å². The quantitative estimate of drug-likeness (QED) is 0.743. The van der Waals surface area contributed by atoms with Gasteiger partial charge in [-0.05, 0) is 13.3 Å². The first-order valence-electron chi connectivity index (χ1n) is 6.21. The van der Waals surface area contributed by atoms with Crippen LogP contribution in [0.25, 0.3) is 5.78 Å². The number of imidazole rings is 1. The molecule has 0 aliphatic heterocycles. The second-order valence-corrected chi connectivity index (χ2v) is 4.33. The van der Waals surface area contributed by atoms with Crippen LogP contribution in [0.4, 0.5) is 5.82 Å². The molecule has 98 valence electrons. The maximum absolute atomic E-state index is 4.32. The molecular formula is C12H15N7. The molecule has 0 bridgehead atoms. The molecule has 0 spiro atoms. The molecule has 7 nitrogen and oxygen atoms in total. The fraction of sp³-hybridized carbons (Fsp3) is 0.333. The number of nitrogens with one attached hydrogen (secondary N) is 2. The van der Waals surface area contributed by atoms with E-state index in [0.29, 0.717) is 5.78 Å². The van der Waals surface area contributed by atoms with Crippen molar-refractivity contribution < 1.29 is 0 Å². The van der Waals surface area contributed by atoms with Crippen LogP contribution in [-0.2, 0) is 0 Å². The van der Waals surface area contributed by atoms with Crippen molar-refractivity contribution >= 4 is 11.6 Å². The summed E-state index contributed by atoms with van der Waals surface area (Å²) >= 11 is 0. The molecule has 7 heteroatoms. The minimum absolute atomic E-state index is 0.101. The molecule has 1 atom stereocenters. The van der Waals surface area contributed by atoms with Crippen LogP contribution in [0.5, 0.6) is 0 Å². The Bertz CT molecular complexity index is 671. The molecule has 0 fully saturated rings. The van der Waals surface area contributed by atoms with Gasteiger partial charge in [0.15, 0.2) is 0 Å². The Labute approximate surface area is 110 Å². The lowest BCUT2D eigenvalue weighted by molar-refractivity contribution is 0.693. The Balaban J connectivity index is 1.98. The molecule has 0 amide bonds. The van der Waals surface area contributed by atoms with Crippen molar-refractivity contribution in [3.05, 3.63) is 36.3 Å². The summed E-state index contributed by atoms with van der Waals surface area (Å²) in [6.07, 6.45) is 5.98. The van der Waals surface area contributed by atoms with Crippen molar-refractivity contribution in [3.8, 4) is 0 Å². The number of aromatic nitrogens is 6. The molecule has 2 N–H and O–H groups in total. The Morgan fingerprint density at radius 1 is 1.42 bits per heavy atom. The Morgan fingerprint density at radius 2 is 2.32 bits per heavy atom. The summed E-state index contributed by atoms with van der Waals surface area (Å²) in [4.78, 5) is 15.9. The molecule has 0 saturated heterocycles. The van der Waals surface area contributed by atoms with Crippen molar-refractivity contribution in [2.24, 2.45) is 0 Å². The van der Waals surface area contributed by atoms with Crippen LogP contribution in [0.15, 0.2) is 24.8 Å². The highest BCUT2D eigenvalue weighted by Crippen LogP contribution is 2.20. The Morgan fingerprint density at radius 3 is 3.05 bits per heavy atom. The Hall–Kier alpha value is -2.44. The van der Waals surface area contributed by atoms with E-state index in [4.69, 9.17) is 0 Å². The zero-order valence-corrected chi connectivity index (χ0v) is 10.8. The lowest BCUT2D eigenvalue weighted by Crippen LogP contribution is -2.14. The van der Waals surface area contributed by atoms with Gasteiger partial charge in [-0.3, -0.25) is 0 Å². The number of nitrogens with zero attached hydrogens (tertiary/aromatic N) is 5. The summed E-state index contributed by atoms with van der Waals surface area (Å²) < 4.78 is 1.69. The van der Waals surface area contributed by atoms with E-state index in [1.54, 1.807) is 10.7 Å². The van der Waals surface area contributed by atoms with Crippen LogP contribution in [0.2, 0.25) is 0 Å². The minimum Gasteiger partial charge on any atom is -0.360 e. The molecule has 1 unspecified atom stereocenters. The van der Waals surface area contributed by atoms with Gasteiger partial charge in [-0.2, -0.15) is 14.6 Å². The van der Waals surface area contributed by atoms with Gasteiger partial charge >= 0.3 is 0 Å². The normalized spacial score (nSPS) is 12.7. The molecule has 3 rings (SSSR count). The van der Waals surface area contributed by atoms with E-state index in [1.807, 2.05) is 19.2 Å². The smallest absolute Gasteiger partial charge is 0.254 e. The van der Waals surface area contributed by atoms with Gasteiger partial charge in [0.25, 0.3) is 5.78 Å². The van der Waals surface area contributed by atoms with Gasteiger partial charge in [-0.15, -0.1) is 0 Å². The van der Waals surface area contributed by atoms with Crippen molar-refractivity contribution in [1.82, 2.24) is 29.5 Å². The molecule has 3 aromatic heterocycles. The summed E-state index contributed by atoms with van der Waals surface area (Å²) in [5, 5.41) is 7.61. The largest absolute Gasteiger partial charge is 0.360 e. The summed E-state index contributed by atoms with van der Waals surface area (Å²) in [5.41, 5.74) is 0.900. The van der Waals surface area contributed by atoms with Crippen LogP contribution in [-0.4, -0.2) is 29.5 Å². The second kappa shape index (κ2) is 4.68. The topological polar surface area (TPSA) is 83.8 Å². The van der Waals surface area contributed by atoms with Gasteiger partial charge < -0.3 is 10.3 Å². The van der Waals surface area contributed by atoms with E-state index in [-0.39, 0.29) is 6.04 Å². The minimum atomic E-state index is 0.101. The summed E-state index contributed by atoms with van der Waals surface area (Å²) in [6, 6.07) is 2.05. The number of aryl methyl sites for hydroxylation is 1. The number of H-pyrrole nitrogens is 1. The van der Waals surface area contributed by atoms with E-state index >= 15 is 0 Å². The van der Waals surface area contributed by atoms with E-state index in [1.165, 1.54) is 6.33 Å². The van der Waals surface area contributed by atoms with Crippen molar-refractivity contribution in [2.75, 3.05) is 5.32 Å². The van der Waals surface area contributed by atoms with E-state index in [0.717, 1.165) is 23.8 Å². The molecule has 3 aromatic rings. The third-order valence-electron chi connectivity index (χ3n) is 2.96. The fourth-order valence-corrected chi connectivity index (χ4v) is 2.04. The first-order valence-corrected chi connectivity index (χ1v) is 6.21. The molecule has 0 aromatic carbocycles. The number of fused-ring (bicyclic) bond motifs is 1. The number of hydrogen-bond donors (Lipinski definition) is 2. The maximum atomic E-state index is 4.32. The molecule has 3 heterocycles. The average Bonchev–Trinajstić information content (AvgIpc) is 3.05. The number of anilines is 1. The molecule has 0 radical (unpaired) electrons. The average molecular weight is 257 g/mol. The van der Waals surface area contributed by atoms with Gasteiger partial charge in [-0.1, -0.05) is 6.92 Å². The molecule has 19 heavy (non-hydrogen) atoms. The van der Waals surface area contributed by atoms with Gasteiger partial charge in [0, 0.05) is 24.2 Å². The van der Waals surface area contributed by atoms with Crippen LogP contribution < -0.4 is 5.32 Å². The summed E-state index contributed by atoms with van der Waals surface area (Å²) in [7, 11) is 0. The van der Waals surface area contributed by atoms with Gasteiger partial charge in [-0.25, -0.2) is 9.97 Å². The first kappa shape index (κ1) is 11.6. The third kappa shape index (κ3) is 2.14. The summed E-state index contributed by atoms with van der Waals surface area (Å²) in [5.74, 6) is 2.37. The Kier molecular flexibility index (Phi) is 2.86. The zero-order chi connectivity index (χ0) is 13.2. The van der Waals surface area contributed by atoms with Crippen molar-refractivity contribution in [3.63, 3.8) is 0 Å². The SMILES string of the molecule is CCC(Nc1cc(C)nc2ncnn12)c1ncc[nH]1. The van der Waals surface area contributed by atoms with Crippen LogP contribution in [0.3, 0.4) is 0 Å². The molecule has 0 saturated carbocycles. The number of aromatic amines is 1. The van der Waals surface area contributed by atoms with Crippen LogP contribution >= 0.6 is 0 Å². The predicted octanol–water partition coefficient (Wildman–Crippen LogP) is 1.72. The van der Waals surface area contributed by atoms with Crippen molar-refractivity contribution in [2.45, 2.75) is 26.3 Å². The highest BCUT2D eigenvalue weighted by atomic mass is 15.4. The van der Waals surface area contributed by atoms with Crippen LogP contribution in [0, 0.1) is 6.92 Å². The zero-order valence-electron chi connectivity index (χ0n) is 10.8. The highest BCUT2D eigenvalue weighted by Gasteiger charge is 2.14. The van der Waals surface area contributed by atoms with E-state index in [9.17, 15) is 0 Å². The van der Waals surface area contributed by atoms with Crippen LogP contribution in [0.1, 0.15) is 30.9 Å². The first-order chi connectivity index (χ1) is 9.28. The molecular weight excluding hydrogens is 242 g/mol. The number of rotatable bonds is 4. The second-order valence-electron chi connectivity index (χ2n) is 4.33. The molecule has 0 aliphatic rings. The number of hydrogen-bond acceptors (Lipinski definition) is 5. The lowest BCUT2D eigenvalue weighted by Gasteiger charge is -2.16. The van der Waals surface area contributed by atoms with Crippen molar-refractivity contribution in [1.29, 1.82) is 0 Å². The van der Waals surface area contributed by atoms with Gasteiger partial charge in [0.1, 0.15) is 18.0 Å².